The Bertz CT molecular complexity index is 974. The molecule has 7 nitrogen and oxygen atoms in total. The fourth-order valence-electron chi connectivity index (χ4n) is 2.55. The lowest BCUT2D eigenvalue weighted by atomic mass is 10.1. The van der Waals surface area contributed by atoms with Crippen molar-refractivity contribution in [3.8, 4) is 5.75 Å². The quantitative estimate of drug-likeness (QED) is 0.255. The monoisotopic (exact) mass is 364 g/mol. The number of carbonyl (C=O) groups is 1. The number of carbonyl (C=O) groups excluding carboxylic acids is 1. The highest BCUT2D eigenvalue weighted by Gasteiger charge is 2.27. The Morgan fingerprint density at radius 1 is 1.26 bits per heavy atom. The number of nitro benzene ring substituents is 1. The van der Waals surface area contributed by atoms with Crippen LogP contribution in [0.15, 0.2) is 65.8 Å². The summed E-state index contributed by atoms with van der Waals surface area (Å²) in [5.41, 5.74) is 1.61. The van der Waals surface area contributed by atoms with Crippen molar-refractivity contribution in [2.24, 2.45) is 4.99 Å². The number of benzene rings is 2. The predicted octanol–water partition coefficient (Wildman–Crippen LogP) is 3.81. The second-order valence-corrected chi connectivity index (χ2v) is 5.71. The smallest absolute Gasteiger partial charge is 0.363 e. The van der Waals surface area contributed by atoms with Crippen molar-refractivity contribution in [1.29, 1.82) is 0 Å². The standard InChI is InChI=1S/C20H16N2O5/c1-3-11-26-15-9-7-14(8-10-15)12-17-20(23)27-19(21-17)16-5-4-6-18(13(16)2)22(24)25/h3-10,12H,1,11H2,2H3/b17-12-. The van der Waals surface area contributed by atoms with E-state index in [0.29, 0.717) is 23.5 Å². The van der Waals surface area contributed by atoms with Crippen LogP contribution < -0.4 is 4.74 Å². The molecular weight excluding hydrogens is 348 g/mol. The summed E-state index contributed by atoms with van der Waals surface area (Å²) < 4.78 is 10.6. The van der Waals surface area contributed by atoms with E-state index in [1.807, 2.05) is 0 Å². The molecule has 0 aromatic heterocycles. The summed E-state index contributed by atoms with van der Waals surface area (Å²) in [5, 5.41) is 11.1. The first-order valence-electron chi connectivity index (χ1n) is 8.10. The molecule has 0 radical (unpaired) electrons. The van der Waals surface area contributed by atoms with Crippen LogP contribution in [0.1, 0.15) is 16.7 Å². The molecule has 1 heterocycles. The van der Waals surface area contributed by atoms with E-state index >= 15 is 0 Å². The fraction of sp³-hybridized carbons (Fsp3) is 0.100. The van der Waals surface area contributed by atoms with E-state index in [0.717, 1.165) is 5.56 Å². The maximum atomic E-state index is 12.1. The third-order valence-electron chi connectivity index (χ3n) is 3.90. The minimum atomic E-state index is -0.608. The van der Waals surface area contributed by atoms with Gasteiger partial charge < -0.3 is 9.47 Å². The molecule has 2 aromatic rings. The Morgan fingerprint density at radius 2 is 2.00 bits per heavy atom. The van der Waals surface area contributed by atoms with Crippen LogP contribution in [0, 0.1) is 17.0 Å². The molecule has 0 atom stereocenters. The molecule has 0 amide bonds. The van der Waals surface area contributed by atoms with Gasteiger partial charge in [-0.25, -0.2) is 9.79 Å². The minimum absolute atomic E-state index is 0.0541. The van der Waals surface area contributed by atoms with Crippen LogP contribution >= 0.6 is 0 Å². The molecular formula is C20H16N2O5. The third-order valence-corrected chi connectivity index (χ3v) is 3.90. The van der Waals surface area contributed by atoms with Crippen LogP contribution in [0.4, 0.5) is 5.69 Å². The minimum Gasteiger partial charge on any atom is -0.490 e. The van der Waals surface area contributed by atoms with Crippen LogP contribution in [0.2, 0.25) is 0 Å². The van der Waals surface area contributed by atoms with Crippen molar-refractivity contribution in [3.63, 3.8) is 0 Å². The molecule has 0 saturated carbocycles. The number of hydrogen-bond donors (Lipinski definition) is 0. The Balaban J connectivity index is 1.88. The van der Waals surface area contributed by atoms with Gasteiger partial charge in [0.25, 0.3) is 5.69 Å². The van der Waals surface area contributed by atoms with Crippen molar-refractivity contribution < 1.29 is 19.2 Å². The van der Waals surface area contributed by atoms with Gasteiger partial charge in [0.05, 0.1) is 4.92 Å². The van der Waals surface area contributed by atoms with Crippen LogP contribution in [-0.4, -0.2) is 23.4 Å². The van der Waals surface area contributed by atoms with Crippen LogP contribution in [0.3, 0.4) is 0 Å². The molecule has 136 valence electrons. The zero-order chi connectivity index (χ0) is 19.4. The SMILES string of the molecule is C=CCOc1ccc(/C=C2\N=C(c3cccc([N+](=O)[O-])c3C)OC2=O)cc1. The van der Waals surface area contributed by atoms with Gasteiger partial charge in [0.2, 0.25) is 5.90 Å². The second-order valence-electron chi connectivity index (χ2n) is 5.71. The van der Waals surface area contributed by atoms with Gasteiger partial charge in [-0.2, -0.15) is 0 Å². The van der Waals surface area contributed by atoms with Crippen molar-refractivity contribution in [2.75, 3.05) is 6.61 Å². The molecule has 0 unspecified atom stereocenters. The van der Waals surface area contributed by atoms with Gasteiger partial charge in [-0.3, -0.25) is 10.1 Å². The van der Waals surface area contributed by atoms with Gasteiger partial charge >= 0.3 is 5.97 Å². The number of nitro groups is 1. The van der Waals surface area contributed by atoms with Gasteiger partial charge in [-0.1, -0.05) is 30.9 Å². The molecule has 0 aliphatic carbocycles. The molecule has 0 N–H and O–H groups in total. The average Bonchev–Trinajstić information content (AvgIpc) is 3.01. The van der Waals surface area contributed by atoms with Gasteiger partial charge in [0, 0.05) is 17.2 Å². The normalized spacial score (nSPS) is 14.6. The second kappa shape index (κ2) is 7.65. The molecule has 0 saturated heterocycles. The molecule has 0 spiro atoms. The first-order valence-corrected chi connectivity index (χ1v) is 8.10. The Kier molecular flexibility index (Phi) is 5.12. The number of nitrogens with zero attached hydrogens (tertiary/aromatic N) is 2. The highest BCUT2D eigenvalue weighted by molar-refractivity contribution is 6.13. The van der Waals surface area contributed by atoms with E-state index in [1.165, 1.54) is 12.1 Å². The van der Waals surface area contributed by atoms with E-state index in [1.54, 1.807) is 49.4 Å². The molecule has 0 fully saturated rings. The van der Waals surface area contributed by atoms with Crippen LogP contribution in [0.25, 0.3) is 6.08 Å². The first kappa shape index (κ1) is 18.1. The summed E-state index contributed by atoms with van der Waals surface area (Å²) in [4.78, 5) is 26.9. The van der Waals surface area contributed by atoms with E-state index in [2.05, 4.69) is 11.6 Å². The summed E-state index contributed by atoms with van der Waals surface area (Å²) >= 11 is 0. The molecule has 27 heavy (non-hydrogen) atoms. The van der Waals surface area contributed by atoms with E-state index in [-0.39, 0.29) is 17.3 Å². The van der Waals surface area contributed by atoms with Gasteiger partial charge in [0.15, 0.2) is 5.70 Å². The largest absolute Gasteiger partial charge is 0.490 e. The predicted molar refractivity (Wildman–Crippen MR) is 101 cm³/mol. The van der Waals surface area contributed by atoms with E-state index < -0.39 is 10.9 Å². The summed E-state index contributed by atoms with van der Waals surface area (Å²) in [6.07, 6.45) is 3.23. The molecule has 1 aliphatic heterocycles. The van der Waals surface area contributed by atoms with E-state index in [4.69, 9.17) is 9.47 Å². The Hall–Kier alpha value is -3.74. The lowest BCUT2D eigenvalue weighted by Crippen LogP contribution is -2.08. The average molecular weight is 364 g/mol. The molecule has 7 heteroatoms. The topological polar surface area (TPSA) is 91.0 Å². The van der Waals surface area contributed by atoms with Crippen molar-refractivity contribution in [2.45, 2.75) is 6.92 Å². The van der Waals surface area contributed by atoms with Crippen molar-refractivity contribution in [1.82, 2.24) is 0 Å². The zero-order valence-corrected chi connectivity index (χ0v) is 14.5. The maximum absolute atomic E-state index is 12.1. The van der Waals surface area contributed by atoms with Gasteiger partial charge in [-0.05, 0) is 36.8 Å². The van der Waals surface area contributed by atoms with Crippen LogP contribution in [-0.2, 0) is 9.53 Å². The van der Waals surface area contributed by atoms with Crippen LogP contribution in [0.5, 0.6) is 5.75 Å². The summed E-state index contributed by atoms with van der Waals surface area (Å²) in [5.74, 6) is 0.128. The summed E-state index contributed by atoms with van der Waals surface area (Å²) in [6.45, 7) is 5.58. The van der Waals surface area contributed by atoms with Crippen molar-refractivity contribution >= 4 is 23.6 Å². The number of esters is 1. The first-order chi connectivity index (χ1) is 13.0. The third kappa shape index (κ3) is 3.92. The number of hydrogen-bond acceptors (Lipinski definition) is 6. The van der Waals surface area contributed by atoms with E-state index in [9.17, 15) is 14.9 Å². The van der Waals surface area contributed by atoms with Crippen molar-refractivity contribution in [3.05, 3.63) is 87.6 Å². The molecule has 3 rings (SSSR count). The Labute approximate surface area is 155 Å². The lowest BCUT2D eigenvalue weighted by molar-refractivity contribution is -0.385. The fourth-order valence-corrected chi connectivity index (χ4v) is 2.55. The highest BCUT2D eigenvalue weighted by Crippen LogP contribution is 2.26. The summed E-state index contributed by atoms with van der Waals surface area (Å²) in [6, 6.07) is 11.7. The molecule has 0 bridgehead atoms. The number of cyclic esters (lactones) is 1. The Morgan fingerprint density at radius 3 is 2.67 bits per heavy atom. The maximum Gasteiger partial charge on any atom is 0.363 e. The summed E-state index contributed by atoms with van der Waals surface area (Å²) in [7, 11) is 0. The number of rotatable bonds is 6. The number of aliphatic imine (C=N–C) groups is 1. The number of ether oxygens (including phenoxy) is 2. The molecule has 1 aliphatic rings. The highest BCUT2D eigenvalue weighted by atomic mass is 16.6. The lowest BCUT2D eigenvalue weighted by Gasteiger charge is -2.04. The van der Waals surface area contributed by atoms with Gasteiger partial charge in [0.1, 0.15) is 12.4 Å². The zero-order valence-electron chi connectivity index (χ0n) is 14.5. The van der Waals surface area contributed by atoms with Gasteiger partial charge in [-0.15, -0.1) is 0 Å². The molecule has 2 aromatic carbocycles.